The summed E-state index contributed by atoms with van der Waals surface area (Å²) in [6.07, 6.45) is 6.22. The zero-order valence-corrected chi connectivity index (χ0v) is 15.7. The molecule has 0 aliphatic carbocycles. The van der Waals surface area contributed by atoms with Gasteiger partial charge in [-0.2, -0.15) is 0 Å². The summed E-state index contributed by atoms with van der Waals surface area (Å²) in [6.45, 7) is 8.34. The molecular weight excluding hydrogens is 308 g/mol. The van der Waals surface area contributed by atoms with Crippen LogP contribution in [0.5, 0.6) is 23.0 Å². The molecule has 0 heterocycles. The van der Waals surface area contributed by atoms with Crippen LogP contribution in [0.2, 0.25) is 0 Å². The Morgan fingerprint density at radius 1 is 0.696 bits per heavy atom. The molecule has 129 valence electrons. The van der Waals surface area contributed by atoms with E-state index in [-0.39, 0.29) is 0 Å². The highest BCUT2D eigenvalue weighted by molar-refractivity contribution is 6.00. The molecule has 0 aromatic heterocycles. The van der Waals surface area contributed by atoms with Crippen LogP contribution in [-0.2, 0) is 0 Å². The van der Waals surface area contributed by atoms with Crippen molar-refractivity contribution in [2.75, 3.05) is 19.8 Å². The molecule has 0 saturated heterocycles. The summed E-state index contributed by atoms with van der Waals surface area (Å²) in [5.74, 6) is 2.57. The molecule has 0 atom stereocenters. The number of unbranched alkanes of at least 4 members (excludes halogenated alkanes) is 3. The number of rotatable bonds is 13. The summed E-state index contributed by atoms with van der Waals surface area (Å²) in [5, 5.41) is 0. The third kappa shape index (κ3) is 6.73. The smallest absolute Gasteiger partial charge is 0.341 e. The lowest BCUT2D eigenvalue weighted by Crippen LogP contribution is -2.07. The summed E-state index contributed by atoms with van der Waals surface area (Å²) in [4.78, 5) is 0. The summed E-state index contributed by atoms with van der Waals surface area (Å²) < 4.78 is 23.0. The number of ether oxygens (including phenoxy) is 3. The number of hydrogen-bond acceptors (Lipinski definition) is 4. The van der Waals surface area contributed by atoms with Crippen LogP contribution in [0.4, 0.5) is 0 Å². The number of hydrogen-bond donors (Lipinski definition) is 0. The second kappa shape index (κ2) is 12.1. The molecular formula is C18H29O4Si. The Kier molecular flexibility index (Phi) is 10.4. The van der Waals surface area contributed by atoms with Gasteiger partial charge >= 0.3 is 10.5 Å². The summed E-state index contributed by atoms with van der Waals surface area (Å²) in [7, 11) is 3.10. The van der Waals surface area contributed by atoms with Crippen molar-refractivity contribution in [3.63, 3.8) is 0 Å². The molecule has 0 saturated carbocycles. The molecule has 0 bridgehead atoms. The van der Waals surface area contributed by atoms with Gasteiger partial charge in [-0.15, -0.1) is 0 Å². The van der Waals surface area contributed by atoms with E-state index >= 15 is 0 Å². The van der Waals surface area contributed by atoms with Crippen LogP contribution >= 0.6 is 0 Å². The maximum Gasteiger partial charge on any atom is 0.341 e. The highest BCUT2D eigenvalue weighted by Gasteiger charge is 2.18. The molecule has 5 heteroatoms. The van der Waals surface area contributed by atoms with Gasteiger partial charge in [-0.05, 0) is 31.4 Å². The summed E-state index contributed by atoms with van der Waals surface area (Å²) in [6, 6.07) is 3.71. The van der Waals surface area contributed by atoms with E-state index in [0.29, 0.717) is 42.8 Å². The van der Waals surface area contributed by atoms with Gasteiger partial charge in [0.05, 0.1) is 19.8 Å². The summed E-state index contributed by atoms with van der Waals surface area (Å²) >= 11 is 0. The predicted molar refractivity (Wildman–Crippen MR) is 94.0 cm³/mol. The molecule has 23 heavy (non-hydrogen) atoms. The molecule has 0 amide bonds. The van der Waals surface area contributed by atoms with E-state index in [1.54, 1.807) is 0 Å². The van der Waals surface area contributed by atoms with Gasteiger partial charge in [0.15, 0.2) is 11.5 Å². The van der Waals surface area contributed by atoms with Gasteiger partial charge in [-0.25, -0.2) is 0 Å². The van der Waals surface area contributed by atoms with Crippen molar-refractivity contribution in [2.24, 2.45) is 0 Å². The van der Waals surface area contributed by atoms with Gasteiger partial charge in [0.1, 0.15) is 0 Å². The molecule has 1 aromatic rings. The van der Waals surface area contributed by atoms with Crippen molar-refractivity contribution in [1.29, 1.82) is 0 Å². The lowest BCUT2D eigenvalue weighted by molar-refractivity contribution is 0.233. The molecule has 0 aliphatic heterocycles. The van der Waals surface area contributed by atoms with Gasteiger partial charge in [0.25, 0.3) is 0 Å². The minimum absolute atomic E-state index is 0.604. The van der Waals surface area contributed by atoms with Crippen LogP contribution in [0.15, 0.2) is 12.1 Å². The topological polar surface area (TPSA) is 36.9 Å². The zero-order valence-electron chi connectivity index (χ0n) is 14.7. The van der Waals surface area contributed by atoms with Gasteiger partial charge < -0.3 is 18.6 Å². The Balaban J connectivity index is 2.99. The Labute approximate surface area is 144 Å². The molecule has 1 aromatic carbocycles. The normalized spacial score (nSPS) is 10.4. The molecule has 0 spiro atoms. The van der Waals surface area contributed by atoms with Crippen molar-refractivity contribution in [3.8, 4) is 23.0 Å². The molecule has 3 radical (unpaired) electrons. The maximum absolute atomic E-state index is 5.96. The van der Waals surface area contributed by atoms with Gasteiger partial charge in [0, 0.05) is 0 Å². The van der Waals surface area contributed by atoms with Crippen LogP contribution in [0.25, 0.3) is 0 Å². The summed E-state index contributed by atoms with van der Waals surface area (Å²) in [5.41, 5.74) is 0. The van der Waals surface area contributed by atoms with Crippen LogP contribution < -0.4 is 18.6 Å². The SMILES string of the molecule is CCCCOc1ccc(O[Si])c(OCCCC)c1OCCCC. The molecule has 0 fully saturated rings. The second-order valence-corrected chi connectivity index (χ2v) is 5.63. The van der Waals surface area contributed by atoms with Crippen molar-refractivity contribution in [3.05, 3.63) is 12.1 Å². The zero-order chi connectivity index (χ0) is 16.9. The third-order valence-electron chi connectivity index (χ3n) is 3.39. The van der Waals surface area contributed by atoms with Crippen LogP contribution in [0.1, 0.15) is 59.3 Å². The Morgan fingerprint density at radius 2 is 1.13 bits per heavy atom. The monoisotopic (exact) mass is 337 g/mol. The van der Waals surface area contributed by atoms with Gasteiger partial charge in [-0.3, -0.25) is 0 Å². The molecule has 0 aliphatic rings. The Morgan fingerprint density at radius 3 is 1.61 bits per heavy atom. The fourth-order valence-corrected chi connectivity index (χ4v) is 2.12. The van der Waals surface area contributed by atoms with E-state index in [4.69, 9.17) is 18.6 Å². The maximum atomic E-state index is 5.96. The minimum Gasteiger partial charge on any atom is -0.538 e. The Bertz CT molecular complexity index is 437. The lowest BCUT2D eigenvalue weighted by atomic mass is 10.2. The van der Waals surface area contributed by atoms with Crippen molar-refractivity contribution >= 4 is 10.5 Å². The van der Waals surface area contributed by atoms with E-state index in [2.05, 4.69) is 31.3 Å². The van der Waals surface area contributed by atoms with Crippen LogP contribution in [0.3, 0.4) is 0 Å². The first-order valence-electron chi connectivity index (χ1n) is 8.67. The average Bonchev–Trinajstić information content (AvgIpc) is 2.57. The highest BCUT2D eigenvalue weighted by Crippen LogP contribution is 2.44. The Hall–Kier alpha value is -1.36. The molecule has 4 nitrogen and oxygen atoms in total. The van der Waals surface area contributed by atoms with Crippen LogP contribution in [-0.4, -0.2) is 30.3 Å². The van der Waals surface area contributed by atoms with Crippen molar-refractivity contribution in [1.82, 2.24) is 0 Å². The number of benzene rings is 1. The first kappa shape index (κ1) is 19.7. The molecule has 0 unspecified atom stereocenters. The molecule has 0 N–H and O–H groups in total. The van der Waals surface area contributed by atoms with Gasteiger partial charge in [-0.1, -0.05) is 40.0 Å². The van der Waals surface area contributed by atoms with E-state index in [1.165, 1.54) is 0 Å². The fraction of sp³-hybridized carbons (Fsp3) is 0.667. The first-order valence-corrected chi connectivity index (χ1v) is 9.08. The first-order chi connectivity index (χ1) is 11.3. The molecule has 1 rings (SSSR count). The van der Waals surface area contributed by atoms with Crippen molar-refractivity contribution in [2.45, 2.75) is 59.3 Å². The second-order valence-electron chi connectivity index (χ2n) is 5.43. The van der Waals surface area contributed by atoms with Crippen LogP contribution in [0, 0.1) is 0 Å². The largest absolute Gasteiger partial charge is 0.538 e. The fourth-order valence-electron chi connectivity index (χ4n) is 1.96. The van der Waals surface area contributed by atoms with E-state index in [9.17, 15) is 0 Å². The standard InChI is InChI=1S/C18H29O4Si/c1-4-7-12-19-15-10-11-16(22-23)18(21-14-9-6-3)17(15)20-13-8-5-2/h10-11H,4-9,12-14H2,1-3H3. The third-order valence-corrected chi connectivity index (χ3v) is 3.61. The average molecular weight is 338 g/mol. The van der Waals surface area contributed by atoms with E-state index < -0.39 is 0 Å². The van der Waals surface area contributed by atoms with Crippen molar-refractivity contribution < 1.29 is 18.6 Å². The quantitative estimate of drug-likeness (QED) is 0.387. The highest BCUT2D eigenvalue weighted by atomic mass is 28.2. The van der Waals surface area contributed by atoms with Gasteiger partial charge in [0.2, 0.25) is 11.5 Å². The van der Waals surface area contributed by atoms with E-state index in [0.717, 1.165) is 38.5 Å². The lowest BCUT2D eigenvalue weighted by Gasteiger charge is -2.19. The van der Waals surface area contributed by atoms with E-state index in [1.807, 2.05) is 12.1 Å². The predicted octanol–water partition coefficient (Wildman–Crippen LogP) is 4.69. The minimum atomic E-state index is 0.604.